The Morgan fingerprint density at radius 3 is 2.62 bits per heavy atom. The van der Waals surface area contributed by atoms with Crippen molar-refractivity contribution in [3.05, 3.63) is 47.5 Å². The summed E-state index contributed by atoms with van der Waals surface area (Å²) in [6.45, 7) is 1.87. The molecular weight excluding hydrogens is 272 g/mol. The van der Waals surface area contributed by atoms with Gasteiger partial charge in [0, 0.05) is 13.0 Å². The Morgan fingerprint density at radius 1 is 1.33 bits per heavy atom. The molecule has 0 saturated heterocycles. The maximum Gasteiger partial charge on any atom is 0.312 e. The van der Waals surface area contributed by atoms with Crippen LogP contribution in [0.5, 0.6) is 0 Å². The van der Waals surface area contributed by atoms with Crippen LogP contribution in [0.2, 0.25) is 0 Å². The molecule has 0 radical (unpaired) electrons. The number of nitrogens with zero attached hydrogens (tertiary/aromatic N) is 2. The summed E-state index contributed by atoms with van der Waals surface area (Å²) < 4.78 is 0. The predicted molar refractivity (Wildman–Crippen MR) is 74.9 cm³/mol. The lowest BCUT2D eigenvalue weighted by Gasteiger charge is -2.12. The number of nitrogens with one attached hydrogen (secondary N) is 2. The summed E-state index contributed by atoms with van der Waals surface area (Å²) in [5.74, 6) is -1.67. The zero-order valence-corrected chi connectivity index (χ0v) is 11.5. The van der Waals surface area contributed by atoms with Crippen LogP contribution in [0.15, 0.2) is 30.3 Å². The van der Waals surface area contributed by atoms with E-state index in [0.29, 0.717) is 17.8 Å². The minimum Gasteiger partial charge on any atom is -0.481 e. The number of hydrogen-bond donors (Lipinski definition) is 3. The van der Waals surface area contributed by atoms with Crippen LogP contribution >= 0.6 is 0 Å². The summed E-state index contributed by atoms with van der Waals surface area (Å²) in [4.78, 5) is 27.2. The quantitative estimate of drug-likeness (QED) is 0.734. The fraction of sp³-hybridized carbons (Fsp3) is 0.286. The molecule has 1 atom stereocenters. The van der Waals surface area contributed by atoms with Gasteiger partial charge in [-0.15, -0.1) is 5.10 Å². The highest BCUT2D eigenvalue weighted by Crippen LogP contribution is 2.14. The van der Waals surface area contributed by atoms with E-state index in [4.69, 9.17) is 0 Å². The predicted octanol–water partition coefficient (Wildman–Crippen LogP) is 0.965. The molecule has 0 saturated carbocycles. The van der Waals surface area contributed by atoms with Crippen molar-refractivity contribution in [3.63, 3.8) is 0 Å². The number of aliphatic carboxylic acids is 1. The number of aromatic nitrogens is 3. The average Bonchev–Trinajstić information content (AvgIpc) is 2.97. The number of aryl methyl sites for hydroxylation is 1. The number of carbonyl (C=O) groups is 2. The van der Waals surface area contributed by atoms with Crippen molar-refractivity contribution in [3.8, 4) is 0 Å². The Kier molecular flexibility index (Phi) is 4.65. The standard InChI is InChI=1S/C14H16N4O3/c1-2-11-16-12(18-17-11)13(19)15-8-10(14(20)21)9-6-4-3-5-7-9/h3-7,10H,2,8H2,1H3,(H,15,19)(H,20,21)(H,16,17,18). The SMILES string of the molecule is CCc1nc(C(=O)NCC(C(=O)O)c2ccccc2)n[nH]1. The number of H-pyrrole nitrogens is 1. The molecule has 7 heteroatoms. The molecule has 2 rings (SSSR count). The van der Waals surface area contributed by atoms with Crippen LogP contribution in [0.1, 0.15) is 34.8 Å². The number of amides is 1. The van der Waals surface area contributed by atoms with E-state index in [1.54, 1.807) is 30.3 Å². The fourth-order valence-corrected chi connectivity index (χ4v) is 1.86. The lowest BCUT2D eigenvalue weighted by molar-refractivity contribution is -0.138. The molecule has 1 aromatic heterocycles. The van der Waals surface area contributed by atoms with Gasteiger partial charge in [-0.05, 0) is 5.56 Å². The van der Waals surface area contributed by atoms with Gasteiger partial charge in [0.15, 0.2) is 0 Å². The van der Waals surface area contributed by atoms with Crippen LogP contribution in [0.4, 0.5) is 0 Å². The van der Waals surface area contributed by atoms with Gasteiger partial charge in [0.1, 0.15) is 5.82 Å². The van der Waals surface area contributed by atoms with Crippen molar-refractivity contribution in [2.24, 2.45) is 0 Å². The molecule has 0 aliphatic rings. The zero-order valence-electron chi connectivity index (χ0n) is 11.5. The van der Waals surface area contributed by atoms with E-state index in [2.05, 4.69) is 20.5 Å². The first kappa shape index (κ1) is 14.7. The maximum absolute atomic E-state index is 11.9. The van der Waals surface area contributed by atoms with Gasteiger partial charge in [0.05, 0.1) is 5.92 Å². The molecule has 7 nitrogen and oxygen atoms in total. The third kappa shape index (κ3) is 3.65. The molecule has 21 heavy (non-hydrogen) atoms. The van der Waals surface area contributed by atoms with Crippen LogP contribution in [-0.2, 0) is 11.2 Å². The fourth-order valence-electron chi connectivity index (χ4n) is 1.86. The van der Waals surface area contributed by atoms with Gasteiger partial charge in [0.2, 0.25) is 5.82 Å². The summed E-state index contributed by atoms with van der Waals surface area (Å²) >= 11 is 0. The molecule has 0 fully saturated rings. The van der Waals surface area contributed by atoms with Crippen LogP contribution in [0, 0.1) is 0 Å². The maximum atomic E-state index is 11.9. The Labute approximate surface area is 121 Å². The number of carboxylic acids is 1. The van der Waals surface area contributed by atoms with Gasteiger partial charge in [-0.2, -0.15) is 0 Å². The molecular formula is C14H16N4O3. The molecule has 3 N–H and O–H groups in total. The molecule has 1 aromatic carbocycles. The summed E-state index contributed by atoms with van der Waals surface area (Å²) in [7, 11) is 0. The Balaban J connectivity index is 2.02. The monoisotopic (exact) mass is 288 g/mol. The molecule has 1 amide bonds. The Hall–Kier alpha value is -2.70. The topological polar surface area (TPSA) is 108 Å². The first-order chi connectivity index (χ1) is 10.1. The molecule has 2 aromatic rings. The van der Waals surface area contributed by atoms with E-state index < -0.39 is 17.8 Å². The van der Waals surface area contributed by atoms with Crippen LogP contribution < -0.4 is 5.32 Å². The third-order valence-corrected chi connectivity index (χ3v) is 3.04. The highest BCUT2D eigenvalue weighted by atomic mass is 16.4. The molecule has 0 aliphatic carbocycles. The minimum atomic E-state index is -0.995. The van der Waals surface area contributed by atoms with Crippen molar-refractivity contribution in [2.75, 3.05) is 6.54 Å². The number of rotatable bonds is 6. The number of carbonyl (C=O) groups excluding carboxylic acids is 1. The Bertz CT molecular complexity index is 624. The van der Waals surface area contributed by atoms with E-state index in [-0.39, 0.29) is 12.4 Å². The number of carboxylic acid groups (broad SMARTS) is 1. The van der Waals surface area contributed by atoms with Crippen LogP contribution in [-0.4, -0.2) is 38.7 Å². The molecule has 0 spiro atoms. The van der Waals surface area contributed by atoms with Gasteiger partial charge in [-0.3, -0.25) is 14.7 Å². The van der Waals surface area contributed by atoms with E-state index >= 15 is 0 Å². The van der Waals surface area contributed by atoms with Gasteiger partial charge in [0.25, 0.3) is 5.91 Å². The van der Waals surface area contributed by atoms with Gasteiger partial charge < -0.3 is 10.4 Å². The largest absolute Gasteiger partial charge is 0.481 e. The second kappa shape index (κ2) is 6.65. The number of aromatic amines is 1. The second-order valence-corrected chi connectivity index (χ2v) is 4.47. The second-order valence-electron chi connectivity index (χ2n) is 4.47. The summed E-state index contributed by atoms with van der Waals surface area (Å²) in [6.07, 6.45) is 0.641. The van der Waals surface area contributed by atoms with E-state index in [1.165, 1.54) is 0 Å². The van der Waals surface area contributed by atoms with Crippen molar-refractivity contribution in [2.45, 2.75) is 19.3 Å². The van der Waals surface area contributed by atoms with Crippen molar-refractivity contribution in [1.29, 1.82) is 0 Å². The number of hydrogen-bond acceptors (Lipinski definition) is 4. The van der Waals surface area contributed by atoms with Crippen molar-refractivity contribution < 1.29 is 14.7 Å². The van der Waals surface area contributed by atoms with Crippen molar-refractivity contribution in [1.82, 2.24) is 20.5 Å². The molecule has 1 unspecified atom stereocenters. The normalized spacial score (nSPS) is 11.9. The average molecular weight is 288 g/mol. The lowest BCUT2D eigenvalue weighted by Crippen LogP contribution is -2.32. The summed E-state index contributed by atoms with van der Waals surface area (Å²) in [6, 6.07) is 8.76. The smallest absolute Gasteiger partial charge is 0.312 e. The molecule has 0 aliphatic heterocycles. The molecule has 110 valence electrons. The van der Waals surface area contributed by atoms with E-state index in [0.717, 1.165) is 0 Å². The van der Waals surface area contributed by atoms with Gasteiger partial charge >= 0.3 is 5.97 Å². The van der Waals surface area contributed by atoms with Gasteiger partial charge in [-0.25, -0.2) is 4.98 Å². The summed E-state index contributed by atoms with van der Waals surface area (Å²) in [5.41, 5.74) is 0.634. The van der Waals surface area contributed by atoms with Gasteiger partial charge in [-0.1, -0.05) is 37.3 Å². The summed E-state index contributed by atoms with van der Waals surface area (Å²) in [5, 5.41) is 18.2. The Morgan fingerprint density at radius 2 is 2.05 bits per heavy atom. The molecule has 0 bridgehead atoms. The van der Waals surface area contributed by atoms with Crippen LogP contribution in [0.25, 0.3) is 0 Å². The third-order valence-electron chi connectivity index (χ3n) is 3.04. The highest BCUT2D eigenvalue weighted by Gasteiger charge is 2.21. The first-order valence-electron chi connectivity index (χ1n) is 6.59. The van der Waals surface area contributed by atoms with E-state index in [9.17, 15) is 14.7 Å². The molecule has 1 heterocycles. The van der Waals surface area contributed by atoms with E-state index in [1.807, 2.05) is 6.92 Å². The first-order valence-corrected chi connectivity index (χ1v) is 6.59. The highest BCUT2D eigenvalue weighted by molar-refractivity contribution is 5.90. The number of benzene rings is 1. The van der Waals surface area contributed by atoms with Crippen LogP contribution in [0.3, 0.4) is 0 Å². The van der Waals surface area contributed by atoms with Crippen molar-refractivity contribution >= 4 is 11.9 Å². The lowest BCUT2D eigenvalue weighted by atomic mass is 9.99. The zero-order chi connectivity index (χ0) is 15.2. The minimum absolute atomic E-state index is 0.0176.